The van der Waals surface area contributed by atoms with Crippen molar-refractivity contribution in [3.63, 3.8) is 0 Å². The Balaban J connectivity index is 1.73. The number of ketones is 3. The van der Waals surface area contributed by atoms with E-state index in [1.807, 2.05) is 78.0 Å². The van der Waals surface area contributed by atoms with Crippen molar-refractivity contribution in [2.24, 2.45) is 35.5 Å². The highest BCUT2D eigenvalue weighted by molar-refractivity contribution is 6.39. The summed E-state index contributed by atoms with van der Waals surface area (Å²) < 4.78 is 42.3. The first kappa shape index (κ1) is 58.2. The van der Waals surface area contributed by atoms with E-state index in [0.29, 0.717) is 63.7 Å². The number of piperidine rings is 1. The molecule has 0 aromatic carbocycles. The molecule has 2 bridgehead atoms. The van der Waals surface area contributed by atoms with Crippen LogP contribution in [-0.2, 0) is 57.1 Å². The van der Waals surface area contributed by atoms with Gasteiger partial charge in [-0.05, 0) is 121 Å². The fraction of sp³-hybridized carbons (Fsp3) is 0.764. The molecule has 1 aliphatic carbocycles. The molecule has 2 saturated heterocycles. The first-order chi connectivity index (χ1) is 32.8. The quantitative estimate of drug-likeness (QED) is 0.126. The van der Waals surface area contributed by atoms with Gasteiger partial charge in [0.15, 0.2) is 5.78 Å². The molecule has 3 aliphatic heterocycles. The molecular formula is C55H87NO13. The molecule has 1 amide bonds. The molecule has 15 atom stereocenters. The summed E-state index contributed by atoms with van der Waals surface area (Å²) in [5, 5.41) is 12.0. The maximum Gasteiger partial charge on any atom is 0.329 e. The summed E-state index contributed by atoms with van der Waals surface area (Å²) in [5.74, 6) is -7.18. The molecule has 0 aromatic rings. The first-order valence-corrected chi connectivity index (χ1v) is 25.9. The summed E-state index contributed by atoms with van der Waals surface area (Å²) in [7, 11) is 4.79. The molecule has 12 unspecified atom stereocenters. The van der Waals surface area contributed by atoms with E-state index in [4.69, 9.17) is 33.2 Å². The summed E-state index contributed by atoms with van der Waals surface area (Å²) in [5.41, 5.74) is 1.58. The van der Waals surface area contributed by atoms with E-state index in [1.165, 1.54) is 12.0 Å². The van der Waals surface area contributed by atoms with Crippen LogP contribution < -0.4 is 0 Å². The lowest BCUT2D eigenvalue weighted by atomic mass is 9.78. The van der Waals surface area contributed by atoms with Gasteiger partial charge < -0.3 is 43.2 Å². The van der Waals surface area contributed by atoms with Crippen LogP contribution in [0.5, 0.6) is 0 Å². The van der Waals surface area contributed by atoms with Gasteiger partial charge in [-0.1, -0.05) is 71.1 Å². The van der Waals surface area contributed by atoms with Gasteiger partial charge in [-0.2, -0.15) is 0 Å². The van der Waals surface area contributed by atoms with Crippen molar-refractivity contribution in [1.82, 2.24) is 4.90 Å². The third kappa shape index (κ3) is 15.8. The van der Waals surface area contributed by atoms with Crippen LogP contribution in [0.4, 0.5) is 0 Å². The Kier molecular flexibility index (Phi) is 23.6. The monoisotopic (exact) mass is 970 g/mol. The number of rotatable bonds is 10. The number of ether oxygens (including phenoxy) is 7. The number of Topliss-reactive ketones (excluding diaryl/α,β-unsaturated/α-hetero) is 3. The zero-order valence-corrected chi connectivity index (χ0v) is 43.9. The zero-order chi connectivity index (χ0) is 51.0. The minimum Gasteiger partial charge on any atom is -0.460 e. The lowest BCUT2D eigenvalue weighted by Crippen LogP contribution is -2.61. The van der Waals surface area contributed by atoms with E-state index in [0.717, 1.165) is 24.8 Å². The lowest BCUT2D eigenvalue weighted by Gasteiger charge is -2.42. The summed E-state index contributed by atoms with van der Waals surface area (Å²) in [4.78, 5) is 72.9. The molecular weight excluding hydrogens is 883 g/mol. The highest BCUT2D eigenvalue weighted by atomic mass is 16.6. The number of nitrogens with zero attached hydrogens (tertiary/aromatic N) is 1. The van der Waals surface area contributed by atoms with Crippen LogP contribution in [0.1, 0.15) is 139 Å². The molecule has 0 aromatic heterocycles. The van der Waals surface area contributed by atoms with E-state index in [1.54, 1.807) is 28.1 Å². The van der Waals surface area contributed by atoms with Crippen molar-refractivity contribution >= 4 is 29.2 Å². The van der Waals surface area contributed by atoms with Crippen LogP contribution in [0.2, 0.25) is 0 Å². The fourth-order valence-corrected chi connectivity index (χ4v) is 10.9. The molecule has 1 saturated carbocycles. The highest BCUT2D eigenvalue weighted by Gasteiger charge is 2.53. The average molecular weight is 970 g/mol. The number of carbonyl (C=O) groups excluding carboxylic acids is 5. The van der Waals surface area contributed by atoms with Crippen molar-refractivity contribution in [1.29, 1.82) is 0 Å². The van der Waals surface area contributed by atoms with Crippen LogP contribution in [0.3, 0.4) is 0 Å². The number of fused-ring (bicyclic) bond motifs is 3. The van der Waals surface area contributed by atoms with Gasteiger partial charge in [-0.15, -0.1) is 0 Å². The molecule has 69 heavy (non-hydrogen) atoms. The molecule has 0 radical (unpaired) electrons. The SMILES string of the molecule is CCOC1CCC(CC(C)C2CC(=O)C(C)/C=C(\C)C(OCC)C(OC)C(=O)[C@H](C)CC(C)/C=C/C=C/C=C(\C)C(OC)CC3CC[C@@H](C)C(O)(O3)C(=O)C(=O)N3CCCC[C@H]3C(=O)O2)CC1OC. The Bertz CT molecular complexity index is 1820. The lowest BCUT2D eigenvalue weighted by molar-refractivity contribution is -0.265. The van der Waals surface area contributed by atoms with E-state index in [9.17, 15) is 29.1 Å². The Hall–Kier alpha value is -3.37. The van der Waals surface area contributed by atoms with Crippen LogP contribution >= 0.6 is 0 Å². The predicted octanol–water partition coefficient (Wildman–Crippen LogP) is 8.27. The fourth-order valence-electron chi connectivity index (χ4n) is 10.9. The molecule has 14 heteroatoms. The van der Waals surface area contributed by atoms with Crippen molar-refractivity contribution in [2.75, 3.05) is 41.1 Å². The van der Waals surface area contributed by atoms with Gasteiger partial charge in [0.25, 0.3) is 11.7 Å². The van der Waals surface area contributed by atoms with Gasteiger partial charge in [-0.25, -0.2) is 4.79 Å². The molecule has 4 rings (SSSR count). The maximum atomic E-state index is 14.5. The smallest absolute Gasteiger partial charge is 0.329 e. The number of cyclic esters (lactones) is 1. The topological polar surface area (TPSA) is 173 Å². The van der Waals surface area contributed by atoms with Crippen LogP contribution in [0.15, 0.2) is 47.6 Å². The van der Waals surface area contributed by atoms with Crippen molar-refractivity contribution in [3.05, 3.63) is 47.6 Å². The number of aliphatic hydroxyl groups is 1. The summed E-state index contributed by atoms with van der Waals surface area (Å²) in [6.45, 7) is 18.0. The molecule has 0 spiro atoms. The molecule has 390 valence electrons. The van der Waals surface area contributed by atoms with Gasteiger partial charge in [0.2, 0.25) is 5.79 Å². The normalized spacial score (nSPS) is 38.8. The van der Waals surface area contributed by atoms with E-state index >= 15 is 0 Å². The van der Waals surface area contributed by atoms with Gasteiger partial charge in [-0.3, -0.25) is 19.2 Å². The van der Waals surface area contributed by atoms with Crippen molar-refractivity contribution in [3.8, 4) is 0 Å². The van der Waals surface area contributed by atoms with E-state index < -0.39 is 71.8 Å². The Morgan fingerprint density at radius 2 is 1.52 bits per heavy atom. The summed E-state index contributed by atoms with van der Waals surface area (Å²) >= 11 is 0. The second-order valence-electron chi connectivity index (χ2n) is 20.4. The molecule has 4 aliphatic rings. The van der Waals surface area contributed by atoms with E-state index in [-0.39, 0.29) is 66.8 Å². The second-order valence-corrected chi connectivity index (χ2v) is 20.4. The number of amides is 1. The maximum absolute atomic E-state index is 14.5. The molecule has 14 nitrogen and oxygen atoms in total. The van der Waals surface area contributed by atoms with Crippen molar-refractivity contribution < 1.29 is 62.2 Å². The molecule has 1 N–H and O–H groups in total. The van der Waals surface area contributed by atoms with Crippen LogP contribution in [0.25, 0.3) is 0 Å². The van der Waals surface area contributed by atoms with Gasteiger partial charge in [0, 0.05) is 71.7 Å². The number of carbonyl (C=O) groups is 5. The Morgan fingerprint density at radius 3 is 2.19 bits per heavy atom. The van der Waals surface area contributed by atoms with Crippen molar-refractivity contribution in [2.45, 2.75) is 194 Å². The third-order valence-corrected chi connectivity index (χ3v) is 15.2. The Morgan fingerprint density at radius 1 is 0.797 bits per heavy atom. The largest absolute Gasteiger partial charge is 0.460 e. The van der Waals surface area contributed by atoms with Crippen LogP contribution in [0, 0.1) is 35.5 Å². The molecule has 3 heterocycles. The van der Waals surface area contributed by atoms with Gasteiger partial charge in [0.1, 0.15) is 30.1 Å². The van der Waals surface area contributed by atoms with Gasteiger partial charge >= 0.3 is 5.97 Å². The number of allylic oxidation sites excluding steroid dienone is 6. The number of esters is 1. The number of hydrogen-bond acceptors (Lipinski definition) is 13. The van der Waals surface area contributed by atoms with Crippen LogP contribution in [-0.4, -0.2) is 135 Å². The average Bonchev–Trinajstić information content (AvgIpc) is 3.33. The Labute approximate surface area is 413 Å². The summed E-state index contributed by atoms with van der Waals surface area (Å²) in [6, 6.07) is -1.11. The third-order valence-electron chi connectivity index (χ3n) is 15.2. The second kappa shape index (κ2) is 28.0. The minimum absolute atomic E-state index is 0.00992. The first-order valence-electron chi connectivity index (χ1n) is 25.9. The number of hydrogen-bond donors (Lipinski definition) is 1. The summed E-state index contributed by atoms with van der Waals surface area (Å²) in [6.07, 6.45) is 14.2. The number of methoxy groups -OCH3 is 3. The van der Waals surface area contributed by atoms with Gasteiger partial charge in [0.05, 0.1) is 24.4 Å². The predicted molar refractivity (Wildman–Crippen MR) is 264 cm³/mol. The minimum atomic E-state index is -2.41. The highest BCUT2D eigenvalue weighted by Crippen LogP contribution is 2.38. The van der Waals surface area contributed by atoms with E-state index in [2.05, 4.69) is 6.92 Å². The standard InChI is InChI=1S/C55H87NO13/c1-13-66-45-26-24-41(31-48(45)64-11)30-37(6)47-33-44(57)36(5)29-39(8)50(67-14-2)51(65-12)49(58)38(7)28-34(3)20-16-15-17-21-35(4)46(63-10)32-42-25-23-40(9)55(62,69-42)52(59)53(60)56-27-19-18-22-43(56)54(61)68-47/h15-17,20-21,29,34,36-38,40-43,45-48,50-51,62H,13-14,18-19,22-28,30-33H2,1-12H3/b17-15+,20-16+,35-21+,39-29+/t34?,36?,37?,38-,40-,41?,42?,43+,45?,46?,47?,48?,50?,51?,55?/m1/s1. The molecule has 3 fully saturated rings. The zero-order valence-electron chi connectivity index (χ0n) is 43.9.